The molecule has 0 bridgehead atoms. The van der Waals surface area contributed by atoms with Crippen LogP contribution in [-0.2, 0) is 13.2 Å². The molecule has 0 radical (unpaired) electrons. The van der Waals surface area contributed by atoms with Gasteiger partial charge in [-0.2, -0.15) is 0 Å². The highest BCUT2D eigenvalue weighted by atomic mass is 19.1. The van der Waals surface area contributed by atoms with E-state index in [4.69, 9.17) is 10.5 Å². The lowest BCUT2D eigenvalue weighted by Gasteiger charge is -2.10. The highest BCUT2D eigenvalue weighted by Crippen LogP contribution is 2.20. The van der Waals surface area contributed by atoms with Crippen molar-refractivity contribution >= 4 is 0 Å². The molecule has 0 aliphatic carbocycles. The molecule has 19 heavy (non-hydrogen) atoms. The number of hydrogen-bond donors (Lipinski definition) is 1. The Labute approximate surface area is 110 Å². The van der Waals surface area contributed by atoms with Crippen molar-refractivity contribution in [2.24, 2.45) is 5.73 Å². The molecule has 0 aliphatic heterocycles. The lowest BCUT2D eigenvalue weighted by atomic mass is 10.1. The van der Waals surface area contributed by atoms with Crippen molar-refractivity contribution in [1.29, 1.82) is 0 Å². The summed E-state index contributed by atoms with van der Waals surface area (Å²) in [5.74, 6) is -1.27. The smallest absolute Gasteiger partial charge is 0.167 e. The third-order valence-corrected chi connectivity index (χ3v) is 2.92. The minimum absolute atomic E-state index is 0.0451. The van der Waals surface area contributed by atoms with Crippen LogP contribution >= 0.6 is 0 Å². The topological polar surface area (TPSA) is 35.2 Å². The Balaban J connectivity index is 2.10. The molecular formula is C15H15F2NO. The Morgan fingerprint density at radius 2 is 1.89 bits per heavy atom. The SMILES string of the molecule is Cc1cc(CN)ccc1COc1ccc(F)cc1F. The highest BCUT2D eigenvalue weighted by Gasteiger charge is 2.06. The summed E-state index contributed by atoms with van der Waals surface area (Å²) in [5.41, 5.74) is 8.57. The Kier molecular flexibility index (Phi) is 4.12. The zero-order valence-electron chi connectivity index (χ0n) is 10.6. The first kappa shape index (κ1) is 13.5. The molecule has 2 aromatic carbocycles. The van der Waals surface area contributed by atoms with Crippen LogP contribution in [0.25, 0.3) is 0 Å². The van der Waals surface area contributed by atoms with Crippen LogP contribution in [0.1, 0.15) is 16.7 Å². The van der Waals surface area contributed by atoms with Crippen molar-refractivity contribution in [1.82, 2.24) is 0 Å². The van der Waals surface area contributed by atoms with E-state index in [1.54, 1.807) is 0 Å². The van der Waals surface area contributed by atoms with Crippen molar-refractivity contribution in [2.45, 2.75) is 20.1 Å². The number of aryl methyl sites for hydroxylation is 1. The molecule has 100 valence electrons. The summed E-state index contributed by atoms with van der Waals surface area (Å²) >= 11 is 0. The minimum atomic E-state index is -0.698. The minimum Gasteiger partial charge on any atom is -0.486 e. The maximum absolute atomic E-state index is 13.4. The molecule has 2 aromatic rings. The number of rotatable bonds is 4. The van der Waals surface area contributed by atoms with Crippen LogP contribution in [0, 0.1) is 18.6 Å². The molecule has 0 amide bonds. The average molecular weight is 263 g/mol. The van der Waals surface area contributed by atoms with Crippen LogP contribution in [0.4, 0.5) is 8.78 Å². The maximum Gasteiger partial charge on any atom is 0.167 e. The van der Waals surface area contributed by atoms with Gasteiger partial charge in [0.25, 0.3) is 0 Å². The summed E-state index contributed by atoms with van der Waals surface area (Å²) in [4.78, 5) is 0. The first-order valence-electron chi connectivity index (χ1n) is 5.96. The summed E-state index contributed by atoms with van der Waals surface area (Å²) in [7, 11) is 0. The van der Waals surface area contributed by atoms with Crippen molar-refractivity contribution in [3.8, 4) is 5.75 Å². The van der Waals surface area contributed by atoms with E-state index >= 15 is 0 Å². The first-order chi connectivity index (χ1) is 9.10. The second kappa shape index (κ2) is 5.80. The van der Waals surface area contributed by atoms with Crippen molar-refractivity contribution in [2.75, 3.05) is 0 Å². The fourth-order valence-electron chi connectivity index (χ4n) is 1.79. The normalized spacial score (nSPS) is 10.5. The molecule has 4 heteroatoms. The summed E-state index contributed by atoms with van der Waals surface area (Å²) in [6, 6.07) is 9.04. The van der Waals surface area contributed by atoms with Gasteiger partial charge in [-0.3, -0.25) is 0 Å². The maximum atomic E-state index is 13.4. The van der Waals surface area contributed by atoms with Crippen LogP contribution in [0.5, 0.6) is 5.75 Å². The van der Waals surface area contributed by atoms with Gasteiger partial charge >= 0.3 is 0 Å². The van der Waals surface area contributed by atoms with E-state index in [-0.39, 0.29) is 12.4 Å². The third kappa shape index (κ3) is 3.29. The van der Waals surface area contributed by atoms with Crippen LogP contribution in [0.15, 0.2) is 36.4 Å². The van der Waals surface area contributed by atoms with Gasteiger partial charge in [0.2, 0.25) is 0 Å². The Bertz CT molecular complexity index is 584. The van der Waals surface area contributed by atoms with Gasteiger partial charge in [0.05, 0.1) is 0 Å². The fourth-order valence-corrected chi connectivity index (χ4v) is 1.79. The molecule has 2 N–H and O–H groups in total. The zero-order chi connectivity index (χ0) is 13.8. The number of hydrogen-bond acceptors (Lipinski definition) is 2. The van der Waals surface area contributed by atoms with Gasteiger partial charge < -0.3 is 10.5 Å². The van der Waals surface area contributed by atoms with Gasteiger partial charge in [0.15, 0.2) is 11.6 Å². The van der Waals surface area contributed by atoms with Crippen LogP contribution in [0.2, 0.25) is 0 Å². The van der Waals surface area contributed by atoms with Gasteiger partial charge in [-0.1, -0.05) is 18.2 Å². The van der Waals surface area contributed by atoms with Crippen LogP contribution in [-0.4, -0.2) is 0 Å². The van der Waals surface area contributed by atoms with Crippen LogP contribution < -0.4 is 10.5 Å². The van der Waals surface area contributed by atoms with E-state index in [1.165, 1.54) is 12.1 Å². The largest absolute Gasteiger partial charge is 0.486 e. The van der Waals surface area contributed by atoms with E-state index in [9.17, 15) is 8.78 Å². The predicted octanol–water partition coefficient (Wildman–Crippen LogP) is 3.31. The Morgan fingerprint density at radius 1 is 1.11 bits per heavy atom. The molecular weight excluding hydrogens is 248 g/mol. The lowest BCUT2D eigenvalue weighted by molar-refractivity contribution is 0.288. The summed E-state index contributed by atoms with van der Waals surface area (Å²) in [5, 5.41) is 0. The Hall–Kier alpha value is -1.94. The molecule has 0 heterocycles. The second-order valence-corrected chi connectivity index (χ2v) is 4.33. The van der Waals surface area contributed by atoms with E-state index in [1.807, 2.05) is 25.1 Å². The van der Waals surface area contributed by atoms with Gasteiger partial charge in [0, 0.05) is 12.6 Å². The zero-order valence-corrected chi connectivity index (χ0v) is 10.6. The lowest BCUT2D eigenvalue weighted by Crippen LogP contribution is -2.02. The second-order valence-electron chi connectivity index (χ2n) is 4.33. The number of benzene rings is 2. The van der Waals surface area contributed by atoms with Gasteiger partial charge in [-0.05, 0) is 35.7 Å². The van der Waals surface area contributed by atoms with Gasteiger partial charge in [-0.15, -0.1) is 0 Å². The quantitative estimate of drug-likeness (QED) is 0.918. The molecule has 0 fully saturated rings. The monoisotopic (exact) mass is 263 g/mol. The number of ether oxygens (including phenoxy) is 1. The molecule has 0 saturated carbocycles. The molecule has 2 nitrogen and oxygen atoms in total. The molecule has 0 aliphatic rings. The third-order valence-electron chi connectivity index (χ3n) is 2.92. The first-order valence-corrected chi connectivity index (χ1v) is 5.96. The van der Waals surface area contributed by atoms with Gasteiger partial charge in [-0.25, -0.2) is 8.78 Å². The van der Waals surface area contributed by atoms with E-state index in [2.05, 4.69) is 0 Å². The summed E-state index contributed by atoms with van der Waals surface area (Å²) in [6.07, 6.45) is 0. The van der Waals surface area contributed by atoms with Crippen molar-refractivity contribution in [3.05, 3.63) is 64.7 Å². The number of nitrogens with two attached hydrogens (primary N) is 1. The van der Waals surface area contributed by atoms with Crippen LogP contribution in [0.3, 0.4) is 0 Å². The van der Waals surface area contributed by atoms with E-state index in [0.717, 1.165) is 22.8 Å². The molecule has 2 rings (SSSR count). The summed E-state index contributed by atoms with van der Waals surface area (Å²) in [6.45, 7) is 2.66. The molecule has 0 saturated heterocycles. The highest BCUT2D eigenvalue weighted by molar-refractivity contribution is 5.31. The van der Waals surface area contributed by atoms with Gasteiger partial charge in [0.1, 0.15) is 12.4 Å². The Morgan fingerprint density at radius 3 is 2.53 bits per heavy atom. The molecule has 0 atom stereocenters. The molecule has 0 spiro atoms. The molecule has 0 aromatic heterocycles. The number of halogens is 2. The van der Waals surface area contributed by atoms with E-state index < -0.39 is 11.6 Å². The predicted molar refractivity (Wildman–Crippen MR) is 69.8 cm³/mol. The van der Waals surface area contributed by atoms with Crippen molar-refractivity contribution in [3.63, 3.8) is 0 Å². The summed E-state index contributed by atoms with van der Waals surface area (Å²) < 4.78 is 31.5. The standard InChI is InChI=1S/C15H15F2NO/c1-10-6-11(8-18)2-3-12(10)9-19-15-5-4-13(16)7-14(15)17/h2-7H,8-9,18H2,1H3. The van der Waals surface area contributed by atoms with Crippen molar-refractivity contribution < 1.29 is 13.5 Å². The fraction of sp³-hybridized carbons (Fsp3) is 0.200. The van der Waals surface area contributed by atoms with E-state index in [0.29, 0.717) is 6.54 Å². The molecule has 0 unspecified atom stereocenters. The average Bonchev–Trinajstić information content (AvgIpc) is 2.39.